The zero-order chi connectivity index (χ0) is 17.4. The third-order valence-corrected chi connectivity index (χ3v) is 2.83. The molecule has 0 aliphatic carbocycles. The molecular weight excluding hydrogens is 292 g/mol. The Labute approximate surface area is 129 Å². The Morgan fingerprint density at radius 1 is 0.727 bits per heavy atom. The number of carbonyl (C=O) groups excluding carboxylic acids is 2. The van der Waals surface area contributed by atoms with E-state index >= 15 is 0 Å². The number of carbonyl (C=O) groups is 4. The van der Waals surface area contributed by atoms with Gasteiger partial charge in [-0.3, -0.25) is 9.59 Å². The summed E-state index contributed by atoms with van der Waals surface area (Å²) in [4.78, 5) is 45.5. The third-order valence-electron chi connectivity index (χ3n) is 2.83. The molecule has 0 aromatic heterocycles. The summed E-state index contributed by atoms with van der Waals surface area (Å²) >= 11 is 0. The average molecular weight is 316 g/mol. The lowest BCUT2D eigenvalue weighted by Gasteiger charge is -2.18. The summed E-state index contributed by atoms with van der Waals surface area (Å²) in [6.07, 6.45) is 0.339. The van der Waals surface area contributed by atoms with E-state index in [4.69, 9.17) is 10.2 Å². The predicted molar refractivity (Wildman–Crippen MR) is 78.0 cm³/mol. The van der Waals surface area contributed by atoms with Crippen molar-refractivity contribution in [1.29, 1.82) is 0 Å². The van der Waals surface area contributed by atoms with Crippen molar-refractivity contribution < 1.29 is 29.4 Å². The second kappa shape index (κ2) is 9.01. The van der Waals surface area contributed by atoms with E-state index in [9.17, 15) is 19.2 Å². The maximum atomic E-state index is 11.7. The first-order valence-corrected chi connectivity index (χ1v) is 7.11. The third kappa shape index (κ3) is 7.61. The van der Waals surface area contributed by atoms with Crippen LogP contribution in [0.25, 0.3) is 0 Å². The SMILES string of the molecule is CC(C)CC(NC(=O)C(=O)N[C@@H](CC(C)C)C(=O)O)C(=O)O. The first-order valence-electron chi connectivity index (χ1n) is 7.11. The molecule has 0 fully saturated rings. The molecule has 0 saturated heterocycles. The Hall–Kier alpha value is -2.12. The molecule has 0 aromatic rings. The first-order chi connectivity index (χ1) is 10.0. The summed E-state index contributed by atoms with van der Waals surface area (Å²) in [6, 6.07) is -2.38. The van der Waals surface area contributed by atoms with Gasteiger partial charge in [-0.15, -0.1) is 0 Å². The van der Waals surface area contributed by atoms with E-state index in [1.54, 1.807) is 27.7 Å². The molecule has 0 saturated carbocycles. The van der Waals surface area contributed by atoms with Crippen molar-refractivity contribution in [2.24, 2.45) is 11.8 Å². The molecule has 8 heteroatoms. The summed E-state index contributed by atoms with van der Waals surface area (Å²) in [6.45, 7) is 7.13. The van der Waals surface area contributed by atoms with Gasteiger partial charge in [-0.05, 0) is 24.7 Å². The minimum atomic E-state index is -1.24. The molecule has 0 aromatic carbocycles. The van der Waals surface area contributed by atoms with Gasteiger partial charge in [0.1, 0.15) is 12.1 Å². The molecular formula is C14H24N2O6. The van der Waals surface area contributed by atoms with Crippen LogP contribution in [0.2, 0.25) is 0 Å². The van der Waals surface area contributed by atoms with Crippen LogP contribution in [0.5, 0.6) is 0 Å². The molecule has 0 aliphatic rings. The topological polar surface area (TPSA) is 133 Å². The molecule has 0 spiro atoms. The van der Waals surface area contributed by atoms with Crippen molar-refractivity contribution in [3.05, 3.63) is 0 Å². The summed E-state index contributed by atoms with van der Waals surface area (Å²) in [5.74, 6) is -4.76. The van der Waals surface area contributed by atoms with Crippen molar-refractivity contribution in [1.82, 2.24) is 10.6 Å². The molecule has 22 heavy (non-hydrogen) atoms. The molecule has 2 amide bonds. The highest BCUT2D eigenvalue weighted by molar-refractivity contribution is 6.35. The van der Waals surface area contributed by atoms with Crippen molar-refractivity contribution in [2.45, 2.75) is 52.6 Å². The highest BCUT2D eigenvalue weighted by Crippen LogP contribution is 2.06. The standard InChI is InChI=1S/C14H24N2O6/c1-7(2)5-9(13(19)20)15-11(17)12(18)16-10(14(21)22)6-8(3)4/h7-10H,5-6H2,1-4H3,(H,15,17)(H,16,18)(H,19,20)(H,21,22)/t9-,10?/m0/s1. The second-order valence-corrected chi connectivity index (χ2v) is 5.99. The van der Waals surface area contributed by atoms with Crippen LogP contribution in [0.3, 0.4) is 0 Å². The summed E-state index contributed by atoms with van der Waals surface area (Å²) in [5.41, 5.74) is 0. The summed E-state index contributed by atoms with van der Waals surface area (Å²) in [7, 11) is 0. The van der Waals surface area contributed by atoms with Crippen molar-refractivity contribution in [2.75, 3.05) is 0 Å². The molecule has 4 N–H and O–H groups in total. The highest BCUT2D eigenvalue weighted by Gasteiger charge is 2.28. The Morgan fingerprint density at radius 3 is 1.18 bits per heavy atom. The predicted octanol–water partition coefficient (Wildman–Crippen LogP) is 0.217. The van der Waals surface area contributed by atoms with Crippen LogP contribution < -0.4 is 10.6 Å². The van der Waals surface area contributed by atoms with Crippen LogP contribution in [0, 0.1) is 11.8 Å². The highest BCUT2D eigenvalue weighted by atomic mass is 16.4. The molecule has 126 valence electrons. The van der Waals surface area contributed by atoms with Gasteiger partial charge < -0.3 is 20.8 Å². The van der Waals surface area contributed by atoms with Gasteiger partial charge >= 0.3 is 23.8 Å². The van der Waals surface area contributed by atoms with Crippen molar-refractivity contribution in [3.63, 3.8) is 0 Å². The van der Waals surface area contributed by atoms with Gasteiger partial charge in [-0.2, -0.15) is 0 Å². The van der Waals surface area contributed by atoms with Gasteiger partial charge in [0.2, 0.25) is 0 Å². The van der Waals surface area contributed by atoms with E-state index in [1.165, 1.54) is 0 Å². The lowest BCUT2D eigenvalue weighted by molar-refractivity contribution is -0.147. The minimum Gasteiger partial charge on any atom is -0.480 e. The Bertz CT molecular complexity index is 393. The van der Waals surface area contributed by atoms with E-state index < -0.39 is 35.8 Å². The molecule has 8 nitrogen and oxygen atoms in total. The van der Waals surface area contributed by atoms with E-state index in [-0.39, 0.29) is 24.7 Å². The fraction of sp³-hybridized carbons (Fsp3) is 0.714. The lowest BCUT2D eigenvalue weighted by atomic mass is 10.0. The van der Waals surface area contributed by atoms with E-state index in [0.29, 0.717) is 0 Å². The van der Waals surface area contributed by atoms with Crippen LogP contribution in [0.4, 0.5) is 0 Å². The van der Waals surface area contributed by atoms with Crippen molar-refractivity contribution in [3.8, 4) is 0 Å². The minimum absolute atomic E-state index is 0.0113. The number of rotatable bonds is 8. The molecule has 0 heterocycles. The maximum absolute atomic E-state index is 11.7. The molecule has 0 aliphatic heterocycles. The zero-order valence-electron chi connectivity index (χ0n) is 13.3. The number of hydrogen-bond donors (Lipinski definition) is 4. The number of carboxylic acids is 2. The smallest absolute Gasteiger partial charge is 0.326 e. The Morgan fingerprint density at radius 2 is 1.00 bits per heavy atom. The number of nitrogens with one attached hydrogen (secondary N) is 2. The fourth-order valence-corrected chi connectivity index (χ4v) is 1.83. The van der Waals surface area contributed by atoms with Crippen LogP contribution in [0.15, 0.2) is 0 Å². The maximum Gasteiger partial charge on any atom is 0.326 e. The van der Waals surface area contributed by atoms with Gasteiger partial charge in [-0.1, -0.05) is 27.7 Å². The van der Waals surface area contributed by atoms with Gasteiger partial charge in [0.25, 0.3) is 0 Å². The molecule has 2 atom stereocenters. The number of aliphatic carboxylic acids is 2. The van der Waals surface area contributed by atoms with Crippen LogP contribution in [0.1, 0.15) is 40.5 Å². The van der Waals surface area contributed by atoms with Gasteiger partial charge in [0.05, 0.1) is 0 Å². The fourth-order valence-electron chi connectivity index (χ4n) is 1.83. The van der Waals surface area contributed by atoms with Gasteiger partial charge in [0, 0.05) is 0 Å². The number of amides is 2. The molecule has 0 bridgehead atoms. The van der Waals surface area contributed by atoms with Crippen LogP contribution in [-0.2, 0) is 19.2 Å². The normalized spacial score (nSPS) is 13.5. The van der Waals surface area contributed by atoms with Crippen molar-refractivity contribution >= 4 is 23.8 Å². The van der Waals surface area contributed by atoms with E-state index in [2.05, 4.69) is 10.6 Å². The summed E-state index contributed by atoms with van der Waals surface area (Å²) < 4.78 is 0. The van der Waals surface area contributed by atoms with Gasteiger partial charge in [-0.25, -0.2) is 9.59 Å². The quantitative estimate of drug-likeness (QED) is 0.473. The second-order valence-electron chi connectivity index (χ2n) is 5.99. The van der Waals surface area contributed by atoms with E-state index in [1.807, 2.05) is 0 Å². The average Bonchev–Trinajstić information content (AvgIpc) is 2.35. The zero-order valence-corrected chi connectivity index (χ0v) is 13.3. The molecule has 1 unspecified atom stereocenters. The first kappa shape index (κ1) is 19.9. The van der Waals surface area contributed by atoms with Crippen LogP contribution >= 0.6 is 0 Å². The lowest BCUT2D eigenvalue weighted by Crippen LogP contribution is -2.52. The van der Waals surface area contributed by atoms with Crippen LogP contribution in [-0.4, -0.2) is 46.0 Å². The number of hydrogen-bond acceptors (Lipinski definition) is 4. The Kier molecular flexibility index (Phi) is 8.14. The molecule has 0 radical (unpaired) electrons. The summed E-state index contributed by atoms with van der Waals surface area (Å²) in [5, 5.41) is 22.2. The molecule has 0 rings (SSSR count). The number of carboxylic acid groups (broad SMARTS) is 2. The monoisotopic (exact) mass is 316 g/mol. The van der Waals surface area contributed by atoms with Gasteiger partial charge in [0.15, 0.2) is 0 Å². The van der Waals surface area contributed by atoms with E-state index in [0.717, 1.165) is 0 Å². The Balaban J connectivity index is 4.72. The largest absolute Gasteiger partial charge is 0.480 e.